The van der Waals surface area contributed by atoms with Gasteiger partial charge < -0.3 is 14.8 Å². The van der Waals surface area contributed by atoms with Crippen LogP contribution in [0.15, 0.2) is 30.4 Å². The van der Waals surface area contributed by atoms with Gasteiger partial charge in [0.1, 0.15) is 11.5 Å². The SMILES string of the molecule is COc1ccc(OC)c(CNC(=O)C[C@H]2C=CCC2)c1. The molecule has 0 heterocycles. The molecule has 1 aliphatic rings. The lowest BCUT2D eigenvalue weighted by Gasteiger charge is -2.12. The van der Waals surface area contributed by atoms with Crippen molar-refractivity contribution in [1.82, 2.24) is 5.32 Å². The zero-order valence-corrected chi connectivity index (χ0v) is 12.0. The van der Waals surface area contributed by atoms with Crippen LogP contribution in [0.1, 0.15) is 24.8 Å². The third-order valence-electron chi connectivity index (χ3n) is 3.52. The van der Waals surface area contributed by atoms with Crippen molar-refractivity contribution in [3.63, 3.8) is 0 Å². The first-order valence-electron chi connectivity index (χ1n) is 6.87. The molecular formula is C16H21NO3. The maximum absolute atomic E-state index is 11.9. The molecule has 0 bridgehead atoms. The Hall–Kier alpha value is -1.97. The van der Waals surface area contributed by atoms with Gasteiger partial charge in [-0.2, -0.15) is 0 Å². The zero-order valence-electron chi connectivity index (χ0n) is 12.0. The average Bonchev–Trinajstić information content (AvgIpc) is 2.97. The highest BCUT2D eigenvalue weighted by atomic mass is 16.5. The number of carbonyl (C=O) groups is 1. The summed E-state index contributed by atoms with van der Waals surface area (Å²) in [5.41, 5.74) is 0.919. The molecule has 1 aromatic rings. The molecule has 1 aliphatic carbocycles. The Kier molecular flexibility index (Phi) is 5.04. The second-order valence-corrected chi connectivity index (χ2v) is 4.92. The van der Waals surface area contributed by atoms with Gasteiger partial charge in [0.2, 0.25) is 5.91 Å². The van der Waals surface area contributed by atoms with Crippen LogP contribution in [0.5, 0.6) is 11.5 Å². The average molecular weight is 275 g/mol. The van der Waals surface area contributed by atoms with E-state index in [2.05, 4.69) is 17.5 Å². The monoisotopic (exact) mass is 275 g/mol. The van der Waals surface area contributed by atoms with Gasteiger partial charge in [-0.1, -0.05) is 12.2 Å². The summed E-state index contributed by atoms with van der Waals surface area (Å²) < 4.78 is 10.5. The molecule has 108 valence electrons. The second kappa shape index (κ2) is 6.98. The summed E-state index contributed by atoms with van der Waals surface area (Å²) in [5, 5.41) is 2.94. The third kappa shape index (κ3) is 3.76. The van der Waals surface area contributed by atoms with E-state index in [4.69, 9.17) is 9.47 Å². The fourth-order valence-corrected chi connectivity index (χ4v) is 2.39. The van der Waals surface area contributed by atoms with Crippen LogP contribution in [0.2, 0.25) is 0 Å². The van der Waals surface area contributed by atoms with E-state index < -0.39 is 0 Å². The van der Waals surface area contributed by atoms with Gasteiger partial charge in [-0.25, -0.2) is 0 Å². The molecule has 1 atom stereocenters. The minimum absolute atomic E-state index is 0.0754. The van der Waals surface area contributed by atoms with Gasteiger partial charge in [0, 0.05) is 18.5 Å². The number of carbonyl (C=O) groups excluding carboxylic acids is 1. The molecule has 0 saturated carbocycles. The van der Waals surface area contributed by atoms with E-state index in [1.165, 1.54) is 0 Å². The molecule has 1 aromatic carbocycles. The molecule has 4 nitrogen and oxygen atoms in total. The van der Waals surface area contributed by atoms with Crippen molar-refractivity contribution >= 4 is 5.91 Å². The number of nitrogens with one attached hydrogen (secondary N) is 1. The van der Waals surface area contributed by atoms with Crippen LogP contribution in [-0.2, 0) is 11.3 Å². The molecule has 0 unspecified atom stereocenters. The minimum Gasteiger partial charge on any atom is -0.497 e. The van der Waals surface area contributed by atoms with Crippen molar-refractivity contribution in [2.45, 2.75) is 25.8 Å². The van der Waals surface area contributed by atoms with Gasteiger partial charge in [0.25, 0.3) is 0 Å². The lowest BCUT2D eigenvalue weighted by molar-refractivity contribution is -0.121. The normalized spacial score (nSPS) is 17.0. The quantitative estimate of drug-likeness (QED) is 0.812. The van der Waals surface area contributed by atoms with Gasteiger partial charge in [-0.05, 0) is 37.0 Å². The van der Waals surface area contributed by atoms with Crippen LogP contribution in [0.3, 0.4) is 0 Å². The Bertz CT molecular complexity index is 496. The van der Waals surface area contributed by atoms with Crippen molar-refractivity contribution in [2.24, 2.45) is 5.92 Å². The number of hydrogen-bond acceptors (Lipinski definition) is 3. The van der Waals surface area contributed by atoms with Crippen molar-refractivity contribution in [3.8, 4) is 11.5 Å². The number of allylic oxidation sites excluding steroid dienone is 2. The molecule has 0 aliphatic heterocycles. The van der Waals surface area contributed by atoms with Crippen molar-refractivity contribution in [2.75, 3.05) is 14.2 Å². The Balaban J connectivity index is 1.91. The highest BCUT2D eigenvalue weighted by molar-refractivity contribution is 5.76. The maximum atomic E-state index is 11.9. The highest BCUT2D eigenvalue weighted by Crippen LogP contribution is 2.24. The van der Waals surface area contributed by atoms with Crippen molar-refractivity contribution < 1.29 is 14.3 Å². The summed E-state index contributed by atoms with van der Waals surface area (Å²) in [7, 11) is 3.24. The van der Waals surface area contributed by atoms with Crippen LogP contribution in [0.25, 0.3) is 0 Å². The first-order chi connectivity index (χ1) is 9.72. The largest absolute Gasteiger partial charge is 0.497 e. The van der Waals surface area contributed by atoms with E-state index in [-0.39, 0.29) is 5.91 Å². The van der Waals surface area contributed by atoms with Crippen LogP contribution in [0, 0.1) is 5.92 Å². The summed E-state index contributed by atoms with van der Waals surface area (Å²) in [5.74, 6) is 1.98. The number of benzene rings is 1. The van der Waals surface area contributed by atoms with Crippen molar-refractivity contribution in [1.29, 1.82) is 0 Å². The summed E-state index contributed by atoms with van der Waals surface area (Å²) in [6.07, 6.45) is 7.00. The van der Waals surface area contributed by atoms with E-state index >= 15 is 0 Å². The van der Waals surface area contributed by atoms with Crippen molar-refractivity contribution in [3.05, 3.63) is 35.9 Å². The Morgan fingerprint density at radius 2 is 2.20 bits per heavy atom. The van der Waals surface area contributed by atoms with Gasteiger partial charge in [-0.3, -0.25) is 4.79 Å². The highest BCUT2D eigenvalue weighted by Gasteiger charge is 2.14. The molecule has 1 amide bonds. The predicted octanol–water partition coefficient (Wildman–Crippen LogP) is 2.68. The summed E-state index contributed by atoms with van der Waals surface area (Å²) in [6.45, 7) is 0.454. The van der Waals surface area contributed by atoms with Gasteiger partial charge in [0.15, 0.2) is 0 Å². The number of methoxy groups -OCH3 is 2. The van der Waals surface area contributed by atoms with E-state index in [1.807, 2.05) is 18.2 Å². The van der Waals surface area contributed by atoms with Crippen LogP contribution < -0.4 is 14.8 Å². The van der Waals surface area contributed by atoms with E-state index in [0.29, 0.717) is 18.9 Å². The second-order valence-electron chi connectivity index (χ2n) is 4.92. The molecule has 0 fully saturated rings. The first kappa shape index (κ1) is 14.4. The molecule has 4 heteroatoms. The van der Waals surface area contributed by atoms with Gasteiger partial charge >= 0.3 is 0 Å². The smallest absolute Gasteiger partial charge is 0.220 e. The van der Waals surface area contributed by atoms with E-state index in [0.717, 1.165) is 29.9 Å². The minimum atomic E-state index is 0.0754. The molecule has 20 heavy (non-hydrogen) atoms. The Morgan fingerprint density at radius 3 is 2.85 bits per heavy atom. The lowest BCUT2D eigenvalue weighted by atomic mass is 10.0. The van der Waals surface area contributed by atoms with E-state index in [9.17, 15) is 4.79 Å². The molecule has 2 rings (SSSR count). The van der Waals surface area contributed by atoms with E-state index in [1.54, 1.807) is 14.2 Å². The lowest BCUT2D eigenvalue weighted by Crippen LogP contribution is -2.24. The predicted molar refractivity (Wildman–Crippen MR) is 77.9 cm³/mol. The number of ether oxygens (including phenoxy) is 2. The van der Waals surface area contributed by atoms with Gasteiger partial charge in [-0.15, -0.1) is 0 Å². The molecule has 1 N–H and O–H groups in total. The fourth-order valence-electron chi connectivity index (χ4n) is 2.39. The summed E-state index contributed by atoms with van der Waals surface area (Å²) >= 11 is 0. The van der Waals surface area contributed by atoms with Crippen LogP contribution in [-0.4, -0.2) is 20.1 Å². The number of amides is 1. The summed E-state index contributed by atoms with van der Waals surface area (Å²) in [6, 6.07) is 5.57. The maximum Gasteiger partial charge on any atom is 0.220 e. The Morgan fingerprint density at radius 1 is 1.35 bits per heavy atom. The molecule has 0 radical (unpaired) electrons. The molecule has 0 aromatic heterocycles. The topological polar surface area (TPSA) is 47.6 Å². The number of hydrogen-bond donors (Lipinski definition) is 1. The van der Waals surface area contributed by atoms with Gasteiger partial charge in [0.05, 0.1) is 14.2 Å². The third-order valence-corrected chi connectivity index (χ3v) is 3.52. The zero-order chi connectivity index (χ0) is 14.4. The van der Waals surface area contributed by atoms with Crippen LogP contribution in [0.4, 0.5) is 0 Å². The first-order valence-corrected chi connectivity index (χ1v) is 6.87. The molecular weight excluding hydrogens is 254 g/mol. The fraction of sp³-hybridized carbons (Fsp3) is 0.438. The Labute approximate surface area is 119 Å². The molecule has 0 spiro atoms. The number of rotatable bonds is 6. The standard InChI is InChI=1S/C16H21NO3/c1-19-14-7-8-15(20-2)13(10-14)11-17-16(18)9-12-5-3-4-6-12/h3,5,7-8,10,12H,4,6,9,11H2,1-2H3,(H,17,18)/t12-/m0/s1. The van der Waals surface area contributed by atoms with Crippen LogP contribution >= 0.6 is 0 Å². The summed E-state index contributed by atoms with van der Waals surface area (Å²) in [4.78, 5) is 11.9. The molecule has 0 saturated heterocycles.